The van der Waals surface area contributed by atoms with Gasteiger partial charge in [-0.15, -0.1) is 0 Å². The summed E-state index contributed by atoms with van der Waals surface area (Å²) in [6.07, 6.45) is 2.92. The van der Waals surface area contributed by atoms with Crippen LogP contribution >= 0.6 is 0 Å². The van der Waals surface area contributed by atoms with Gasteiger partial charge in [-0.05, 0) is 54.1 Å². The van der Waals surface area contributed by atoms with E-state index in [1.54, 1.807) is 0 Å². The monoisotopic (exact) mass is 417 g/mol. The van der Waals surface area contributed by atoms with E-state index >= 15 is 0 Å². The number of carbonyl (C=O) groups is 1. The van der Waals surface area contributed by atoms with E-state index in [1.807, 2.05) is 0 Å². The largest absolute Gasteiger partial charge is 0.337 e. The summed E-state index contributed by atoms with van der Waals surface area (Å²) in [6.45, 7) is 0.0691. The molecule has 1 aromatic heterocycles. The molecule has 0 unspecified atom stereocenters. The highest BCUT2D eigenvalue weighted by molar-refractivity contribution is 7.92. The van der Waals surface area contributed by atoms with Crippen molar-refractivity contribution in [2.45, 2.75) is 11.4 Å². The van der Waals surface area contributed by atoms with E-state index in [0.29, 0.717) is 11.3 Å². The quantitative estimate of drug-likeness (QED) is 0.667. The van der Waals surface area contributed by atoms with Gasteiger partial charge in [0.1, 0.15) is 0 Å². The number of halogens is 2. The average Bonchev–Trinajstić information content (AvgIpc) is 2.70. The van der Waals surface area contributed by atoms with Crippen LogP contribution in [0.2, 0.25) is 0 Å². The fraction of sp³-hybridized carbons (Fsp3) is 0.100. The zero-order chi connectivity index (χ0) is 21.0. The highest BCUT2D eigenvalue weighted by Gasteiger charge is 2.17. The van der Waals surface area contributed by atoms with Gasteiger partial charge in [0, 0.05) is 31.5 Å². The maximum absolute atomic E-state index is 13.3. The third-order valence-electron chi connectivity index (χ3n) is 4.09. The third kappa shape index (κ3) is 4.94. The summed E-state index contributed by atoms with van der Waals surface area (Å²) in [5.41, 5.74) is 1.06. The Morgan fingerprint density at radius 2 is 1.66 bits per heavy atom. The van der Waals surface area contributed by atoms with Crippen LogP contribution in [0.3, 0.4) is 0 Å². The van der Waals surface area contributed by atoms with E-state index in [-0.39, 0.29) is 22.9 Å². The van der Waals surface area contributed by atoms with Gasteiger partial charge in [-0.2, -0.15) is 0 Å². The molecule has 6 nitrogen and oxygen atoms in total. The molecule has 150 valence electrons. The number of pyridine rings is 1. The van der Waals surface area contributed by atoms with Crippen LogP contribution in [-0.2, 0) is 16.6 Å². The summed E-state index contributed by atoms with van der Waals surface area (Å²) in [6, 6.07) is 11.9. The van der Waals surface area contributed by atoms with Crippen molar-refractivity contribution < 1.29 is 22.0 Å². The predicted molar refractivity (Wildman–Crippen MR) is 104 cm³/mol. The van der Waals surface area contributed by atoms with E-state index in [9.17, 15) is 22.0 Å². The van der Waals surface area contributed by atoms with Crippen molar-refractivity contribution in [1.82, 2.24) is 9.88 Å². The Morgan fingerprint density at radius 3 is 2.28 bits per heavy atom. The average molecular weight is 417 g/mol. The first-order chi connectivity index (χ1) is 13.8. The number of sulfonamides is 1. The van der Waals surface area contributed by atoms with Crippen LogP contribution in [0.5, 0.6) is 0 Å². The second-order valence-corrected chi connectivity index (χ2v) is 7.96. The molecule has 0 bridgehead atoms. The molecule has 2 aromatic carbocycles. The van der Waals surface area contributed by atoms with Crippen molar-refractivity contribution in [3.63, 3.8) is 0 Å². The molecule has 0 fully saturated rings. The summed E-state index contributed by atoms with van der Waals surface area (Å²) in [5.74, 6) is -2.33. The molecule has 0 radical (unpaired) electrons. The lowest BCUT2D eigenvalue weighted by Gasteiger charge is -2.18. The molecule has 0 saturated heterocycles. The lowest BCUT2D eigenvalue weighted by molar-refractivity contribution is 0.0785. The van der Waals surface area contributed by atoms with Crippen molar-refractivity contribution in [3.8, 4) is 0 Å². The molecule has 29 heavy (non-hydrogen) atoms. The molecule has 1 heterocycles. The first-order valence-electron chi connectivity index (χ1n) is 8.48. The summed E-state index contributed by atoms with van der Waals surface area (Å²) in [5, 5.41) is 0. The van der Waals surface area contributed by atoms with Gasteiger partial charge in [-0.25, -0.2) is 17.2 Å². The van der Waals surface area contributed by atoms with Crippen molar-refractivity contribution in [2.24, 2.45) is 0 Å². The second kappa shape index (κ2) is 8.36. The first kappa shape index (κ1) is 20.4. The van der Waals surface area contributed by atoms with Gasteiger partial charge in [-0.3, -0.25) is 14.5 Å². The van der Waals surface area contributed by atoms with Crippen molar-refractivity contribution in [3.05, 3.63) is 89.8 Å². The van der Waals surface area contributed by atoms with E-state index in [4.69, 9.17) is 0 Å². The molecule has 0 aliphatic heterocycles. The Labute approximate surface area is 166 Å². The molecule has 3 rings (SSSR count). The van der Waals surface area contributed by atoms with Crippen LogP contribution in [0, 0.1) is 11.6 Å². The molecule has 1 N–H and O–H groups in total. The number of hydrogen-bond acceptors (Lipinski definition) is 4. The molecule has 0 saturated carbocycles. The van der Waals surface area contributed by atoms with Gasteiger partial charge >= 0.3 is 0 Å². The molecule has 3 aromatic rings. The number of nitrogens with zero attached hydrogens (tertiary/aromatic N) is 2. The number of nitrogens with one attached hydrogen (secondary N) is 1. The van der Waals surface area contributed by atoms with Crippen LogP contribution in [0.1, 0.15) is 15.9 Å². The number of aromatic nitrogens is 1. The highest BCUT2D eigenvalue weighted by atomic mass is 32.2. The summed E-state index contributed by atoms with van der Waals surface area (Å²) < 4.78 is 53.6. The number of anilines is 1. The zero-order valence-corrected chi connectivity index (χ0v) is 16.2. The summed E-state index contributed by atoms with van der Waals surface area (Å²) in [7, 11) is -2.30. The summed E-state index contributed by atoms with van der Waals surface area (Å²) >= 11 is 0. The number of rotatable bonds is 6. The standard InChI is InChI=1S/C20H17F2N3O3S/c1-25(13-14-2-7-18(21)19(22)12-14)20(26)15-3-5-17(6-4-15)29(27,28)24-16-8-10-23-11-9-16/h2-12H,13H2,1H3,(H,23,24). The molecule has 0 spiro atoms. The first-order valence-corrected chi connectivity index (χ1v) is 9.97. The van der Waals surface area contributed by atoms with Gasteiger partial charge in [0.25, 0.3) is 15.9 Å². The predicted octanol–water partition coefficient (Wildman–Crippen LogP) is 3.43. The van der Waals surface area contributed by atoms with Gasteiger partial charge < -0.3 is 4.90 Å². The Hall–Kier alpha value is -3.33. The van der Waals surface area contributed by atoms with Gasteiger partial charge in [0.15, 0.2) is 11.6 Å². The highest BCUT2D eigenvalue weighted by Crippen LogP contribution is 2.17. The fourth-order valence-electron chi connectivity index (χ4n) is 2.61. The minimum absolute atomic E-state index is 0.00544. The van der Waals surface area contributed by atoms with Gasteiger partial charge in [-0.1, -0.05) is 6.07 Å². The molecule has 1 amide bonds. The number of carbonyl (C=O) groups excluding carboxylic acids is 1. The van der Waals surface area contributed by atoms with Crippen LogP contribution in [0.4, 0.5) is 14.5 Å². The molecular weight excluding hydrogens is 400 g/mol. The Morgan fingerprint density at radius 1 is 1.00 bits per heavy atom. The van der Waals surface area contributed by atoms with Crippen molar-refractivity contribution in [2.75, 3.05) is 11.8 Å². The molecule has 0 aliphatic carbocycles. The SMILES string of the molecule is CN(Cc1ccc(F)c(F)c1)C(=O)c1ccc(S(=O)(=O)Nc2ccncc2)cc1. The van der Waals surface area contributed by atoms with Crippen molar-refractivity contribution in [1.29, 1.82) is 0 Å². The van der Waals surface area contributed by atoms with Crippen LogP contribution in [-0.4, -0.2) is 31.3 Å². The van der Waals surface area contributed by atoms with Gasteiger partial charge in [0.05, 0.1) is 10.6 Å². The van der Waals surface area contributed by atoms with Crippen molar-refractivity contribution >= 4 is 21.6 Å². The molecule has 0 atom stereocenters. The van der Waals surface area contributed by atoms with Crippen LogP contribution in [0.15, 0.2) is 71.9 Å². The van der Waals surface area contributed by atoms with E-state index in [2.05, 4.69) is 9.71 Å². The van der Waals surface area contributed by atoms with Crippen LogP contribution < -0.4 is 4.72 Å². The minimum Gasteiger partial charge on any atom is -0.337 e. The Bertz CT molecular complexity index is 1120. The molecular formula is C20H17F2N3O3S. The number of benzene rings is 2. The minimum atomic E-state index is -3.81. The Balaban J connectivity index is 1.71. The van der Waals surface area contributed by atoms with Crippen LogP contribution in [0.25, 0.3) is 0 Å². The molecule has 9 heteroatoms. The summed E-state index contributed by atoms with van der Waals surface area (Å²) in [4.78, 5) is 17.7. The topological polar surface area (TPSA) is 79.4 Å². The normalized spacial score (nSPS) is 11.1. The fourth-order valence-corrected chi connectivity index (χ4v) is 3.67. The third-order valence-corrected chi connectivity index (χ3v) is 5.49. The van der Waals surface area contributed by atoms with E-state index in [0.717, 1.165) is 12.1 Å². The number of amides is 1. The maximum Gasteiger partial charge on any atom is 0.261 e. The number of hydrogen-bond donors (Lipinski definition) is 1. The zero-order valence-electron chi connectivity index (χ0n) is 15.3. The van der Waals surface area contributed by atoms with E-state index < -0.39 is 21.7 Å². The Kier molecular flexibility index (Phi) is 5.88. The maximum atomic E-state index is 13.3. The smallest absolute Gasteiger partial charge is 0.261 e. The lowest BCUT2D eigenvalue weighted by Crippen LogP contribution is -2.26. The second-order valence-electron chi connectivity index (χ2n) is 6.28. The lowest BCUT2D eigenvalue weighted by atomic mass is 10.1. The van der Waals surface area contributed by atoms with Gasteiger partial charge in [0.2, 0.25) is 0 Å². The van der Waals surface area contributed by atoms with E-state index in [1.165, 1.54) is 66.8 Å². The molecule has 0 aliphatic rings.